The molecule has 2 atom stereocenters. The van der Waals surface area contributed by atoms with E-state index in [0.29, 0.717) is 18.5 Å². The molecule has 2 heterocycles. The van der Waals surface area contributed by atoms with E-state index in [9.17, 15) is 13.5 Å². The first-order valence-corrected chi connectivity index (χ1v) is 9.43. The first-order chi connectivity index (χ1) is 11.3. The van der Waals surface area contributed by atoms with E-state index < -0.39 is 16.1 Å². The zero-order valence-electron chi connectivity index (χ0n) is 14.2. The number of nitrogens with zero attached hydrogens (tertiary/aromatic N) is 3. The highest BCUT2D eigenvalue weighted by Crippen LogP contribution is 2.31. The molecular formula is C17H23N3O3S. The summed E-state index contributed by atoms with van der Waals surface area (Å²) in [5.41, 5.74) is 1.35. The maximum Gasteiger partial charge on any atom is 0.245 e. The quantitative estimate of drug-likeness (QED) is 0.899. The number of aryl methyl sites for hydroxylation is 1. The lowest BCUT2D eigenvalue weighted by Crippen LogP contribution is -2.41. The molecular weight excluding hydrogens is 326 g/mol. The molecule has 0 saturated carbocycles. The number of aliphatic hydroxyl groups excluding tert-OH is 1. The molecule has 0 amide bonds. The molecule has 0 spiro atoms. The molecule has 1 saturated heterocycles. The lowest BCUT2D eigenvalue weighted by Gasteiger charge is -2.26. The molecule has 7 heteroatoms. The van der Waals surface area contributed by atoms with Crippen LogP contribution in [0.1, 0.15) is 12.0 Å². The van der Waals surface area contributed by atoms with E-state index in [1.54, 1.807) is 18.3 Å². The first-order valence-electron chi connectivity index (χ1n) is 7.99. The average molecular weight is 349 g/mol. The SMILES string of the molecule is Cc1cc(S(=O)(=O)N2C[C@H](O)C[C@@H]2CN(C)C)c2ncccc2c1. The third-order valence-electron chi connectivity index (χ3n) is 4.32. The fraction of sp³-hybridized carbons (Fsp3) is 0.471. The Morgan fingerprint density at radius 1 is 1.38 bits per heavy atom. The third-order valence-corrected chi connectivity index (χ3v) is 6.25. The van der Waals surface area contributed by atoms with Gasteiger partial charge < -0.3 is 10.0 Å². The summed E-state index contributed by atoms with van der Waals surface area (Å²) in [7, 11) is 0.0725. The van der Waals surface area contributed by atoms with Crippen molar-refractivity contribution in [2.75, 3.05) is 27.2 Å². The number of β-amino-alcohol motifs (C(OH)–C–C–N with tert-alkyl or cyclic N) is 1. The molecule has 1 aliphatic heterocycles. The fourth-order valence-corrected chi connectivity index (χ4v) is 5.29. The van der Waals surface area contributed by atoms with Crippen LogP contribution in [0.5, 0.6) is 0 Å². The van der Waals surface area contributed by atoms with Gasteiger partial charge in [0, 0.05) is 30.7 Å². The highest BCUT2D eigenvalue weighted by Gasteiger charge is 2.40. The summed E-state index contributed by atoms with van der Waals surface area (Å²) >= 11 is 0. The Morgan fingerprint density at radius 3 is 2.83 bits per heavy atom. The predicted octanol–water partition coefficient (Wildman–Crippen LogP) is 1.23. The second kappa shape index (κ2) is 6.40. The third kappa shape index (κ3) is 3.17. The van der Waals surface area contributed by atoms with Crippen LogP contribution in [0.4, 0.5) is 0 Å². The molecule has 1 aromatic carbocycles. The van der Waals surface area contributed by atoms with Gasteiger partial charge in [0.2, 0.25) is 10.0 Å². The Bertz CT molecular complexity index is 851. The minimum Gasteiger partial charge on any atom is -0.392 e. The number of likely N-dealkylation sites (N-methyl/N-ethyl adjacent to an activating group) is 1. The molecule has 1 aromatic heterocycles. The Morgan fingerprint density at radius 2 is 2.12 bits per heavy atom. The number of aromatic nitrogens is 1. The van der Waals surface area contributed by atoms with Gasteiger partial charge in [-0.1, -0.05) is 6.07 Å². The average Bonchev–Trinajstić information content (AvgIpc) is 2.86. The first kappa shape index (κ1) is 17.3. The number of sulfonamides is 1. The summed E-state index contributed by atoms with van der Waals surface area (Å²) in [5.74, 6) is 0. The van der Waals surface area contributed by atoms with Gasteiger partial charge in [-0.3, -0.25) is 4.98 Å². The zero-order chi connectivity index (χ0) is 17.5. The highest BCUT2D eigenvalue weighted by molar-refractivity contribution is 7.89. The van der Waals surface area contributed by atoms with Crippen molar-refractivity contribution in [3.8, 4) is 0 Å². The van der Waals surface area contributed by atoms with Gasteiger partial charge in [-0.05, 0) is 51.2 Å². The van der Waals surface area contributed by atoms with Gasteiger partial charge >= 0.3 is 0 Å². The van der Waals surface area contributed by atoms with Crippen molar-refractivity contribution >= 4 is 20.9 Å². The van der Waals surface area contributed by atoms with E-state index in [2.05, 4.69) is 4.98 Å². The highest BCUT2D eigenvalue weighted by atomic mass is 32.2. The van der Waals surface area contributed by atoms with Crippen LogP contribution in [-0.4, -0.2) is 67.0 Å². The van der Waals surface area contributed by atoms with E-state index in [0.717, 1.165) is 10.9 Å². The van der Waals surface area contributed by atoms with Crippen LogP contribution in [0.3, 0.4) is 0 Å². The van der Waals surface area contributed by atoms with Crippen LogP contribution >= 0.6 is 0 Å². The van der Waals surface area contributed by atoms with Crippen LogP contribution in [0.15, 0.2) is 35.4 Å². The molecule has 130 valence electrons. The fourth-order valence-electron chi connectivity index (χ4n) is 3.37. The molecule has 0 aliphatic carbocycles. The van der Waals surface area contributed by atoms with Gasteiger partial charge in [0.1, 0.15) is 4.90 Å². The van der Waals surface area contributed by atoms with Gasteiger partial charge in [0.05, 0.1) is 11.6 Å². The van der Waals surface area contributed by atoms with Crippen molar-refractivity contribution in [1.29, 1.82) is 0 Å². The monoisotopic (exact) mass is 349 g/mol. The molecule has 0 radical (unpaired) electrons. The number of hydrogen-bond donors (Lipinski definition) is 1. The zero-order valence-corrected chi connectivity index (χ0v) is 15.0. The van der Waals surface area contributed by atoms with E-state index in [4.69, 9.17) is 0 Å². The van der Waals surface area contributed by atoms with Crippen LogP contribution in [-0.2, 0) is 10.0 Å². The molecule has 1 N–H and O–H groups in total. The number of rotatable bonds is 4. The van der Waals surface area contributed by atoms with E-state index >= 15 is 0 Å². The van der Waals surface area contributed by atoms with Gasteiger partial charge in [0.25, 0.3) is 0 Å². The lowest BCUT2D eigenvalue weighted by atomic mass is 10.1. The van der Waals surface area contributed by atoms with Crippen molar-refractivity contribution in [1.82, 2.24) is 14.2 Å². The second-order valence-electron chi connectivity index (χ2n) is 6.72. The van der Waals surface area contributed by atoms with Crippen LogP contribution in [0, 0.1) is 6.92 Å². The van der Waals surface area contributed by atoms with Crippen molar-refractivity contribution in [2.45, 2.75) is 30.4 Å². The number of pyridine rings is 1. The predicted molar refractivity (Wildman–Crippen MR) is 93.3 cm³/mol. The molecule has 0 bridgehead atoms. The van der Waals surface area contributed by atoms with Crippen molar-refractivity contribution in [3.63, 3.8) is 0 Å². The molecule has 3 rings (SSSR count). The minimum atomic E-state index is -3.73. The van der Waals surface area contributed by atoms with E-state index in [-0.39, 0.29) is 17.5 Å². The normalized spacial score (nSPS) is 22.5. The number of fused-ring (bicyclic) bond motifs is 1. The van der Waals surface area contributed by atoms with Crippen molar-refractivity contribution in [2.24, 2.45) is 0 Å². The number of aliphatic hydroxyl groups is 1. The Hall–Kier alpha value is -1.54. The van der Waals surface area contributed by atoms with Crippen molar-refractivity contribution in [3.05, 3.63) is 36.0 Å². The molecule has 2 aromatic rings. The summed E-state index contributed by atoms with van der Waals surface area (Å²) in [6, 6.07) is 7.02. The lowest BCUT2D eigenvalue weighted by molar-refractivity contribution is 0.188. The summed E-state index contributed by atoms with van der Waals surface area (Å²) < 4.78 is 28.0. The minimum absolute atomic E-state index is 0.128. The summed E-state index contributed by atoms with van der Waals surface area (Å²) in [5, 5.41) is 10.8. The van der Waals surface area contributed by atoms with Gasteiger partial charge in [-0.25, -0.2) is 8.42 Å². The van der Waals surface area contributed by atoms with Gasteiger partial charge in [-0.15, -0.1) is 0 Å². The summed E-state index contributed by atoms with van der Waals surface area (Å²) in [6.45, 7) is 2.58. The molecule has 24 heavy (non-hydrogen) atoms. The summed E-state index contributed by atoms with van der Waals surface area (Å²) in [4.78, 5) is 6.45. The summed E-state index contributed by atoms with van der Waals surface area (Å²) in [6.07, 6.45) is 1.43. The van der Waals surface area contributed by atoms with Crippen LogP contribution in [0.25, 0.3) is 10.9 Å². The van der Waals surface area contributed by atoms with E-state index in [1.807, 2.05) is 38.1 Å². The maximum absolute atomic E-state index is 13.3. The Kier molecular flexibility index (Phi) is 4.61. The van der Waals surface area contributed by atoms with Gasteiger partial charge in [-0.2, -0.15) is 4.31 Å². The maximum atomic E-state index is 13.3. The molecule has 1 fully saturated rings. The number of benzene rings is 1. The Balaban J connectivity index is 2.10. The molecule has 1 aliphatic rings. The smallest absolute Gasteiger partial charge is 0.245 e. The van der Waals surface area contributed by atoms with Crippen LogP contribution < -0.4 is 0 Å². The molecule has 6 nitrogen and oxygen atoms in total. The number of hydrogen-bond acceptors (Lipinski definition) is 5. The largest absolute Gasteiger partial charge is 0.392 e. The standard InChI is InChI=1S/C17H23N3O3S/c1-12-7-13-5-4-6-18-17(13)16(8-12)24(22,23)20-11-15(21)9-14(20)10-19(2)3/h4-8,14-15,21H,9-11H2,1-3H3/t14-,15-/m1/s1. The topological polar surface area (TPSA) is 73.7 Å². The molecule has 0 unspecified atom stereocenters. The van der Waals surface area contributed by atoms with Crippen molar-refractivity contribution < 1.29 is 13.5 Å². The second-order valence-corrected chi connectivity index (χ2v) is 8.58. The van der Waals surface area contributed by atoms with Gasteiger partial charge in [0.15, 0.2) is 0 Å². The Labute approximate surface area is 142 Å². The van der Waals surface area contributed by atoms with Crippen LogP contribution in [0.2, 0.25) is 0 Å². The van der Waals surface area contributed by atoms with E-state index in [1.165, 1.54) is 4.31 Å².